The summed E-state index contributed by atoms with van der Waals surface area (Å²) in [4.78, 5) is 8.96. The molecule has 4 nitrogen and oxygen atoms in total. The van der Waals surface area contributed by atoms with Crippen molar-refractivity contribution in [2.45, 2.75) is 17.1 Å². The second kappa shape index (κ2) is 7.95. The molecule has 0 fully saturated rings. The number of nitrogens with one attached hydrogen (secondary N) is 1. The molecule has 1 aromatic rings. The van der Waals surface area contributed by atoms with E-state index < -0.39 is 4.29 Å². The van der Waals surface area contributed by atoms with Crippen molar-refractivity contribution in [3.05, 3.63) is 36.1 Å². The first-order valence-electron chi connectivity index (χ1n) is 5.97. The smallest absolute Gasteiger partial charge is 0.192 e. The minimum absolute atomic E-state index is 0.612. The highest BCUT2D eigenvalue weighted by molar-refractivity contribution is 9.40. The molecule has 0 radical (unpaired) electrons. The molecule has 0 saturated carbocycles. The molecule has 0 atom stereocenters. The van der Waals surface area contributed by atoms with E-state index in [1.165, 1.54) is 0 Å². The molecule has 0 bridgehead atoms. The maximum absolute atomic E-state index is 5.32. The molecule has 22 heavy (non-hydrogen) atoms. The van der Waals surface area contributed by atoms with Crippen LogP contribution in [0.1, 0.15) is 12.2 Å². The lowest BCUT2D eigenvalue weighted by Crippen LogP contribution is -2.45. The Hall–Kier alpha value is 1.04. The van der Waals surface area contributed by atoms with E-state index in [2.05, 4.69) is 111 Å². The number of rotatable bonds is 3. The van der Waals surface area contributed by atoms with Crippen LogP contribution in [0.25, 0.3) is 0 Å². The van der Waals surface area contributed by atoms with E-state index in [0.717, 1.165) is 18.6 Å². The number of nitrogens with zero attached hydrogens (tertiary/aromatic N) is 2. The Bertz CT molecular complexity index is 578. The molecule has 1 aliphatic heterocycles. The number of alkyl halides is 6. The first-order chi connectivity index (χ1) is 10.2. The van der Waals surface area contributed by atoms with Gasteiger partial charge in [0.2, 0.25) is 0 Å². The predicted molar refractivity (Wildman–Crippen MR) is 112 cm³/mol. The van der Waals surface area contributed by atoms with Gasteiger partial charge in [-0.2, -0.15) is 0 Å². The zero-order chi connectivity index (χ0) is 16.4. The summed E-state index contributed by atoms with van der Waals surface area (Å²) in [6, 6.07) is 3.83. The first kappa shape index (κ1) is 19.4. The fourth-order valence-electron chi connectivity index (χ4n) is 1.58. The minimum Gasteiger partial charge on any atom is -0.469 e. The zero-order valence-electron chi connectivity index (χ0n) is 10.8. The van der Waals surface area contributed by atoms with Crippen LogP contribution in [0.4, 0.5) is 0 Å². The van der Waals surface area contributed by atoms with E-state index in [-0.39, 0.29) is 0 Å². The van der Waals surface area contributed by atoms with E-state index >= 15 is 0 Å². The van der Waals surface area contributed by atoms with Gasteiger partial charge < -0.3 is 9.73 Å². The number of amidine groups is 2. The van der Waals surface area contributed by atoms with Crippen molar-refractivity contribution in [3.8, 4) is 0 Å². The number of halogens is 6. The van der Waals surface area contributed by atoms with Crippen LogP contribution in [-0.4, -0.2) is 16.0 Å². The van der Waals surface area contributed by atoms with Crippen LogP contribution in [0.5, 0.6) is 0 Å². The minimum atomic E-state index is -0.660. The molecule has 2 rings (SSSR count). The normalized spacial score (nSPS) is 16.0. The SMILES string of the molecule is BrC(Br)(Br)C1=NC(=CCCc2ccco2)N=C(C(Br)(Br)Br)N1. The number of aryl methyl sites for hydroxylation is 1. The molecule has 0 saturated heterocycles. The fraction of sp³-hybridized carbons (Fsp3) is 0.333. The van der Waals surface area contributed by atoms with Crippen molar-refractivity contribution in [1.82, 2.24) is 5.32 Å². The van der Waals surface area contributed by atoms with Gasteiger partial charge in [0.15, 0.2) is 10.1 Å². The third kappa shape index (κ3) is 5.84. The first-order valence-corrected chi connectivity index (χ1v) is 10.7. The molecule has 0 aromatic carbocycles. The zero-order valence-corrected chi connectivity index (χ0v) is 20.3. The average molecular weight is 691 g/mol. The molecule has 0 aliphatic carbocycles. The maximum atomic E-state index is 5.32. The molecular weight excluding hydrogens is 682 g/mol. The molecule has 0 unspecified atom stereocenters. The lowest BCUT2D eigenvalue weighted by molar-refractivity contribution is 0.510. The van der Waals surface area contributed by atoms with E-state index in [4.69, 9.17) is 4.42 Å². The van der Waals surface area contributed by atoms with E-state index in [9.17, 15) is 0 Å². The second-order valence-electron chi connectivity index (χ2n) is 4.22. The molecule has 1 aromatic heterocycles. The summed E-state index contributed by atoms with van der Waals surface area (Å²) in [5, 5.41) is 3.13. The second-order valence-corrected chi connectivity index (χ2v) is 17.7. The van der Waals surface area contributed by atoms with Gasteiger partial charge in [0.1, 0.15) is 17.4 Å². The van der Waals surface area contributed by atoms with Crippen LogP contribution in [-0.2, 0) is 6.42 Å². The van der Waals surface area contributed by atoms with Crippen molar-refractivity contribution in [3.63, 3.8) is 0 Å². The Labute approximate surface area is 178 Å². The number of furan rings is 1. The van der Waals surface area contributed by atoms with E-state index in [1.54, 1.807) is 6.26 Å². The molecule has 1 N–H and O–H groups in total. The van der Waals surface area contributed by atoms with Gasteiger partial charge in [-0.15, -0.1) is 0 Å². The van der Waals surface area contributed by atoms with Gasteiger partial charge in [-0.1, -0.05) is 95.6 Å². The Morgan fingerprint density at radius 2 is 1.64 bits per heavy atom. The summed E-state index contributed by atoms with van der Waals surface area (Å²) >= 11 is 20.8. The standard InChI is InChI=1S/C12H9Br6N3O/c13-11(14,15)9-19-8(20-10(21-9)12(16,17)18)5-1-3-7-4-2-6-22-7/h2,4-6H,1,3H2,(H,19,20,21). The monoisotopic (exact) mass is 685 g/mol. The van der Waals surface area contributed by atoms with E-state index in [0.29, 0.717) is 17.5 Å². The average Bonchev–Trinajstić information content (AvgIpc) is 2.89. The van der Waals surface area contributed by atoms with Crippen molar-refractivity contribution in [2.75, 3.05) is 0 Å². The third-order valence-corrected chi connectivity index (χ3v) is 4.78. The summed E-state index contributed by atoms with van der Waals surface area (Å²) in [6.45, 7) is 0. The van der Waals surface area contributed by atoms with Gasteiger partial charge in [-0.3, -0.25) is 0 Å². The largest absolute Gasteiger partial charge is 0.469 e. The van der Waals surface area contributed by atoms with Gasteiger partial charge >= 0.3 is 0 Å². The Kier molecular flexibility index (Phi) is 7.00. The van der Waals surface area contributed by atoms with Crippen molar-refractivity contribution >= 4 is 107 Å². The van der Waals surface area contributed by atoms with Crippen LogP contribution < -0.4 is 5.32 Å². The number of hydrogen-bond donors (Lipinski definition) is 1. The van der Waals surface area contributed by atoms with Crippen molar-refractivity contribution < 1.29 is 4.42 Å². The summed E-state index contributed by atoms with van der Waals surface area (Å²) in [5.74, 6) is 2.81. The van der Waals surface area contributed by atoms with Gasteiger partial charge in [0.05, 0.1) is 6.26 Å². The molecular formula is C12H9Br6N3O. The molecule has 120 valence electrons. The topological polar surface area (TPSA) is 49.9 Å². The van der Waals surface area contributed by atoms with Gasteiger partial charge in [0, 0.05) is 6.42 Å². The summed E-state index contributed by atoms with van der Waals surface area (Å²) < 4.78 is 4.00. The lowest BCUT2D eigenvalue weighted by atomic mass is 10.2. The van der Waals surface area contributed by atoms with Crippen LogP contribution in [0.3, 0.4) is 0 Å². The summed E-state index contributed by atoms with van der Waals surface area (Å²) in [7, 11) is 0. The van der Waals surface area contributed by atoms with Gasteiger partial charge in [-0.25, -0.2) is 9.98 Å². The molecule has 0 spiro atoms. The van der Waals surface area contributed by atoms with Crippen molar-refractivity contribution in [1.29, 1.82) is 0 Å². The fourth-order valence-corrected chi connectivity index (χ4v) is 2.71. The number of allylic oxidation sites excluding steroid dienone is 1. The highest BCUT2D eigenvalue weighted by Crippen LogP contribution is 2.39. The maximum Gasteiger partial charge on any atom is 0.192 e. The van der Waals surface area contributed by atoms with Crippen LogP contribution >= 0.6 is 95.6 Å². The molecule has 1 aliphatic rings. The Balaban J connectivity index is 2.19. The molecule has 0 amide bonds. The Morgan fingerprint density at radius 1 is 1.05 bits per heavy atom. The van der Waals surface area contributed by atoms with Crippen LogP contribution in [0.2, 0.25) is 0 Å². The number of hydrogen-bond acceptors (Lipinski definition) is 4. The third-order valence-electron chi connectivity index (χ3n) is 2.52. The van der Waals surface area contributed by atoms with Crippen molar-refractivity contribution in [2.24, 2.45) is 9.98 Å². The lowest BCUT2D eigenvalue weighted by Gasteiger charge is -2.26. The number of aliphatic imine (C=N–C) groups is 2. The predicted octanol–water partition coefficient (Wildman–Crippen LogP) is 6.13. The quantitative estimate of drug-likeness (QED) is 0.389. The van der Waals surface area contributed by atoms with Gasteiger partial charge in [-0.05, 0) is 24.6 Å². The summed E-state index contributed by atoms with van der Waals surface area (Å²) in [6.07, 6.45) is 5.20. The highest BCUT2D eigenvalue weighted by Gasteiger charge is 2.35. The van der Waals surface area contributed by atoms with Gasteiger partial charge in [0.25, 0.3) is 0 Å². The van der Waals surface area contributed by atoms with Crippen LogP contribution in [0, 0.1) is 0 Å². The summed E-state index contributed by atoms with van der Waals surface area (Å²) in [5.41, 5.74) is 0. The Morgan fingerprint density at radius 3 is 2.09 bits per heavy atom. The molecule has 10 heteroatoms. The molecule has 2 heterocycles. The van der Waals surface area contributed by atoms with E-state index in [1.807, 2.05) is 18.2 Å². The van der Waals surface area contributed by atoms with Crippen LogP contribution in [0.15, 0.2) is 44.7 Å². The highest BCUT2D eigenvalue weighted by atomic mass is 80.0.